The van der Waals surface area contributed by atoms with Crippen molar-refractivity contribution in [2.45, 2.75) is 86.0 Å². The molecule has 0 aromatic rings. The van der Waals surface area contributed by atoms with E-state index in [1.54, 1.807) is 0 Å². The van der Waals surface area contributed by atoms with Gasteiger partial charge in [-0.1, -0.05) is 0 Å². The molecule has 0 atom stereocenters. The molecule has 0 N–H and O–H groups in total. The van der Waals surface area contributed by atoms with Gasteiger partial charge in [-0.2, -0.15) is 0 Å². The first-order valence-corrected chi connectivity index (χ1v) is 10.9. The summed E-state index contributed by atoms with van der Waals surface area (Å²) in [6, 6.07) is 0. The Morgan fingerprint density at radius 2 is 1.50 bits per heavy atom. The standard InChI is InChI=1S/C16H32OTe/c1-3-5-7-9-11-16(12-10-8-6-4-2)15-17-13-14-18-16/h3-15H2,1-2H3. The summed E-state index contributed by atoms with van der Waals surface area (Å²) in [5, 5.41) is 0. The summed E-state index contributed by atoms with van der Waals surface area (Å²) >= 11 is 0.205. The zero-order valence-electron chi connectivity index (χ0n) is 12.5. The third-order valence-electron chi connectivity index (χ3n) is 3.97. The predicted octanol–water partition coefficient (Wildman–Crippen LogP) is 5.24. The van der Waals surface area contributed by atoms with Crippen LogP contribution < -0.4 is 0 Å². The van der Waals surface area contributed by atoms with Crippen molar-refractivity contribution in [1.82, 2.24) is 0 Å². The van der Waals surface area contributed by atoms with E-state index in [-0.39, 0.29) is 20.9 Å². The Bertz CT molecular complexity index is 174. The van der Waals surface area contributed by atoms with Crippen molar-refractivity contribution >= 4 is 20.9 Å². The molecule has 0 radical (unpaired) electrons. The van der Waals surface area contributed by atoms with Crippen LogP contribution in [0.25, 0.3) is 0 Å². The average Bonchev–Trinajstić information content (AvgIpc) is 2.41. The quantitative estimate of drug-likeness (QED) is 0.379. The maximum absolute atomic E-state index is 5.83. The van der Waals surface area contributed by atoms with Crippen LogP contribution in [-0.2, 0) is 4.74 Å². The van der Waals surface area contributed by atoms with Crippen molar-refractivity contribution in [2.24, 2.45) is 0 Å². The van der Waals surface area contributed by atoms with Gasteiger partial charge in [0, 0.05) is 0 Å². The monoisotopic (exact) mass is 370 g/mol. The molecule has 1 aliphatic rings. The van der Waals surface area contributed by atoms with E-state index in [0.717, 1.165) is 13.2 Å². The molecule has 1 heterocycles. The SMILES string of the molecule is CCCCCCC1(CCCCCC)COCC[Te]1. The van der Waals surface area contributed by atoms with E-state index in [1.165, 1.54) is 68.7 Å². The number of unbranched alkanes of at least 4 members (excludes halogenated alkanes) is 6. The van der Waals surface area contributed by atoms with E-state index >= 15 is 0 Å². The van der Waals surface area contributed by atoms with E-state index in [4.69, 9.17) is 4.74 Å². The molecule has 0 aliphatic carbocycles. The molecule has 1 nitrogen and oxygen atoms in total. The minimum atomic E-state index is 0.205. The fourth-order valence-electron chi connectivity index (χ4n) is 2.78. The minimum absolute atomic E-state index is 0.205. The molecule has 0 amide bonds. The van der Waals surface area contributed by atoms with Gasteiger partial charge in [0.1, 0.15) is 0 Å². The van der Waals surface area contributed by atoms with Gasteiger partial charge in [-0.3, -0.25) is 0 Å². The van der Waals surface area contributed by atoms with Gasteiger partial charge in [-0.15, -0.1) is 0 Å². The average molecular weight is 368 g/mol. The van der Waals surface area contributed by atoms with Gasteiger partial charge in [0.05, 0.1) is 0 Å². The Morgan fingerprint density at radius 1 is 0.889 bits per heavy atom. The van der Waals surface area contributed by atoms with Gasteiger partial charge < -0.3 is 0 Å². The summed E-state index contributed by atoms with van der Waals surface area (Å²) in [5.74, 6) is 0. The summed E-state index contributed by atoms with van der Waals surface area (Å²) in [4.78, 5) is 0. The molecule has 0 unspecified atom stereocenters. The molecule has 1 saturated heterocycles. The second-order valence-electron chi connectivity index (χ2n) is 5.71. The van der Waals surface area contributed by atoms with Gasteiger partial charge in [-0.25, -0.2) is 0 Å². The normalized spacial score (nSPS) is 19.0. The van der Waals surface area contributed by atoms with Crippen LogP contribution in [0.5, 0.6) is 0 Å². The first-order chi connectivity index (χ1) is 8.83. The van der Waals surface area contributed by atoms with Crippen molar-refractivity contribution in [3.8, 4) is 0 Å². The summed E-state index contributed by atoms with van der Waals surface area (Å²) < 4.78 is 7.94. The van der Waals surface area contributed by atoms with Crippen LogP contribution >= 0.6 is 0 Å². The second-order valence-corrected chi connectivity index (χ2v) is 10.2. The van der Waals surface area contributed by atoms with Crippen LogP contribution in [-0.4, -0.2) is 34.1 Å². The summed E-state index contributed by atoms with van der Waals surface area (Å²) in [6.07, 6.45) is 14.3. The molecular formula is C16H32OTe. The number of hydrogen-bond donors (Lipinski definition) is 0. The topological polar surface area (TPSA) is 9.23 Å². The van der Waals surface area contributed by atoms with Crippen LogP contribution in [0.2, 0.25) is 7.93 Å². The van der Waals surface area contributed by atoms with Crippen molar-refractivity contribution in [2.75, 3.05) is 13.2 Å². The Hall–Kier alpha value is 0.750. The van der Waals surface area contributed by atoms with E-state index < -0.39 is 0 Å². The molecule has 1 aliphatic heterocycles. The van der Waals surface area contributed by atoms with Crippen LogP contribution in [0.4, 0.5) is 0 Å². The van der Waals surface area contributed by atoms with Crippen molar-refractivity contribution in [1.29, 1.82) is 0 Å². The van der Waals surface area contributed by atoms with E-state index in [9.17, 15) is 0 Å². The van der Waals surface area contributed by atoms with E-state index in [2.05, 4.69) is 13.8 Å². The fraction of sp³-hybridized carbons (Fsp3) is 1.00. The van der Waals surface area contributed by atoms with Crippen molar-refractivity contribution in [3.63, 3.8) is 0 Å². The fourth-order valence-corrected chi connectivity index (χ4v) is 6.71. The molecule has 1 rings (SSSR count). The molecule has 0 saturated carbocycles. The first kappa shape index (κ1) is 16.8. The second kappa shape index (κ2) is 10.5. The molecule has 0 bridgehead atoms. The van der Waals surface area contributed by atoms with Gasteiger partial charge in [0.15, 0.2) is 0 Å². The molecule has 1 fully saturated rings. The summed E-state index contributed by atoms with van der Waals surface area (Å²) in [5.41, 5.74) is 0. The van der Waals surface area contributed by atoms with Crippen LogP contribution in [0, 0.1) is 0 Å². The Balaban J connectivity index is 2.27. The molecule has 2 heteroatoms. The third-order valence-corrected chi connectivity index (χ3v) is 8.28. The molecule has 0 aromatic heterocycles. The third kappa shape index (κ3) is 6.78. The Morgan fingerprint density at radius 3 is 1.94 bits per heavy atom. The number of ether oxygens (including phenoxy) is 1. The van der Waals surface area contributed by atoms with Gasteiger partial charge >= 0.3 is 125 Å². The predicted molar refractivity (Wildman–Crippen MR) is 81.6 cm³/mol. The first-order valence-electron chi connectivity index (χ1n) is 8.05. The van der Waals surface area contributed by atoms with Crippen molar-refractivity contribution < 1.29 is 4.74 Å². The summed E-state index contributed by atoms with van der Waals surface area (Å²) in [7, 11) is 0. The van der Waals surface area contributed by atoms with E-state index in [1.807, 2.05) is 0 Å². The zero-order chi connectivity index (χ0) is 13.1. The van der Waals surface area contributed by atoms with Gasteiger partial charge in [0.2, 0.25) is 0 Å². The Kier molecular flexibility index (Phi) is 9.83. The van der Waals surface area contributed by atoms with Crippen LogP contribution in [0.3, 0.4) is 0 Å². The molecule has 108 valence electrons. The molecular weight excluding hydrogens is 336 g/mol. The molecule has 0 spiro atoms. The number of rotatable bonds is 10. The maximum atomic E-state index is 5.83. The Labute approximate surface area is 125 Å². The summed E-state index contributed by atoms with van der Waals surface area (Å²) in [6.45, 7) is 6.78. The van der Waals surface area contributed by atoms with Gasteiger partial charge in [0.25, 0.3) is 0 Å². The van der Waals surface area contributed by atoms with Crippen LogP contribution in [0.1, 0.15) is 78.1 Å². The number of hydrogen-bond acceptors (Lipinski definition) is 1. The molecule has 0 aromatic carbocycles. The van der Waals surface area contributed by atoms with Crippen LogP contribution in [0.15, 0.2) is 0 Å². The van der Waals surface area contributed by atoms with Gasteiger partial charge in [-0.05, 0) is 0 Å². The van der Waals surface area contributed by atoms with Crippen molar-refractivity contribution in [3.05, 3.63) is 0 Å². The molecule has 18 heavy (non-hydrogen) atoms. The zero-order valence-corrected chi connectivity index (χ0v) is 14.8. The van der Waals surface area contributed by atoms with E-state index in [0.29, 0.717) is 3.46 Å².